The maximum Gasteiger partial charge on any atom is 0.265 e. The van der Waals surface area contributed by atoms with E-state index in [0.717, 1.165) is 6.42 Å². The van der Waals surface area contributed by atoms with Crippen LogP contribution in [-0.4, -0.2) is 33.3 Å². The number of nitrogens with two attached hydrogens (primary N) is 1. The second-order valence-corrected chi connectivity index (χ2v) is 7.55. The number of primary sulfonamides is 1. The van der Waals surface area contributed by atoms with Crippen molar-refractivity contribution in [2.45, 2.75) is 31.3 Å². The first-order chi connectivity index (χ1) is 13.2. The molecule has 2 rings (SSSR count). The third-order valence-electron chi connectivity index (χ3n) is 3.71. The molecule has 3 N–H and O–H groups in total. The highest BCUT2D eigenvalue weighted by molar-refractivity contribution is 7.89. The summed E-state index contributed by atoms with van der Waals surface area (Å²) in [7, 11) is -3.81. The molecule has 0 aliphatic rings. The van der Waals surface area contributed by atoms with E-state index >= 15 is 0 Å². The average molecular weight is 406 g/mol. The summed E-state index contributed by atoms with van der Waals surface area (Å²) >= 11 is 0. The van der Waals surface area contributed by atoms with Gasteiger partial charge < -0.3 is 14.8 Å². The Balaban J connectivity index is 2.08. The average Bonchev–Trinajstić information content (AvgIpc) is 2.66. The molecule has 2 aromatic carbocycles. The van der Waals surface area contributed by atoms with Gasteiger partial charge in [0.2, 0.25) is 10.0 Å². The Morgan fingerprint density at radius 2 is 1.89 bits per heavy atom. The maximum atomic E-state index is 12.4. The molecule has 0 fully saturated rings. The van der Waals surface area contributed by atoms with Gasteiger partial charge in [0, 0.05) is 11.8 Å². The van der Waals surface area contributed by atoms with Gasteiger partial charge in [-0.1, -0.05) is 6.92 Å². The predicted molar refractivity (Wildman–Crippen MR) is 104 cm³/mol. The van der Waals surface area contributed by atoms with Crippen LogP contribution in [0, 0.1) is 0 Å². The van der Waals surface area contributed by atoms with Gasteiger partial charge in [-0.3, -0.25) is 9.59 Å². The second-order valence-electron chi connectivity index (χ2n) is 5.98. The van der Waals surface area contributed by atoms with E-state index in [1.54, 1.807) is 18.2 Å². The van der Waals surface area contributed by atoms with Gasteiger partial charge >= 0.3 is 0 Å². The number of rotatable bonds is 9. The number of sulfonamides is 1. The Hall–Kier alpha value is -2.91. The van der Waals surface area contributed by atoms with E-state index in [4.69, 9.17) is 14.6 Å². The fourth-order valence-corrected chi connectivity index (χ4v) is 2.76. The highest BCUT2D eigenvalue weighted by Crippen LogP contribution is 2.25. The number of amides is 1. The molecule has 0 aliphatic carbocycles. The molecule has 0 unspecified atom stereocenters. The van der Waals surface area contributed by atoms with E-state index in [2.05, 4.69) is 5.32 Å². The molecule has 0 saturated heterocycles. The van der Waals surface area contributed by atoms with E-state index in [1.807, 2.05) is 6.92 Å². The third-order valence-corrected chi connectivity index (χ3v) is 4.64. The van der Waals surface area contributed by atoms with Gasteiger partial charge in [-0.2, -0.15) is 0 Å². The molecule has 1 atom stereocenters. The van der Waals surface area contributed by atoms with Crippen molar-refractivity contribution >= 4 is 27.9 Å². The topological polar surface area (TPSA) is 125 Å². The minimum Gasteiger partial charge on any atom is -0.493 e. The summed E-state index contributed by atoms with van der Waals surface area (Å²) in [6.45, 7) is 4.02. The smallest absolute Gasteiger partial charge is 0.265 e. The standard InChI is InChI=1S/C19H22N2O6S/c1-3-10-26-16-7-4-14(12-22)18(11-16)27-13(2)19(23)21-15-5-8-17(9-6-15)28(20,24)25/h4-9,11-13H,3,10H2,1-2H3,(H,21,23)(H2,20,24,25)/t13-/m1/s1. The number of carbonyl (C=O) groups is 2. The van der Waals surface area contributed by atoms with Gasteiger partial charge in [0.05, 0.1) is 17.1 Å². The number of carbonyl (C=O) groups excluding carboxylic acids is 2. The van der Waals surface area contributed by atoms with Gasteiger partial charge in [-0.05, 0) is 49.7 Å². The lowest BCUT2D eigenvalue weighted by Crippen LogP contribution is -2.30. The van der Waals surface area contributed by atoms with Crippen molar-refractivity contribution in [3.8, 4) is 11.5 Å². The molecule has 0 radical (unpaired) electrons. The first-order valence-electron chi connectivity index (χ1n) is 8.57. The largest absolute Gasteiger partial charge is 0.493 e. The van der Waals surface area contributed by atoms with Gasteiger partial charge in [-0.15, -0.1) is 0 Å². The van der Waals surface area contributed by atoms with Crippen molar-refractivity contribution in [1.82, 2.24) is 0 Å². The van der Waals surface area contributed by atoms with Crippen molar-refractivity contribution in [3.05, 3.63) is 48.0 Å². The lowest BCUT2D eigenvalue weighted by Gasteiger charge is -2.17. The van der Waals surface area contributed by atoms with Crippen molar-refractivity contribution in [2.75, 3.05) is 11.9 Å². The van der Waals surface area contributed by atoms with Crippen LogP contribution < -0.4 is 19.9 Å². The minimum absolute atomic E-state index is 0.0608. The van der Waals surface area contributed by atoms with Crippen LogP contribution in [0.2, 0.25) is 0 Å². The molecule has 8 nitrogen and oxygen atoms in total. The molecule has 0 aliphatic heterocycles. The zero-order valence-corrected chi connectivity index (χ0v) is 16.4. The molecule has 2 aromatic rings. The highest BCUT2D eigenvalue weighted by atomic mass is 32.2. The number of nitrogens with one attached hydrogen (secondary N) is 1. The SMILES string of the molecule is CCCOc1ccc(C=O)c(O[C@H](C)C(=O)Nc2ccc(S(N)(=O)=O)cc2)c1. The molecule has 0 saturated carbocycles. The molecule has 0 aromatic heterocycles. The van der Waals surface area contributed by atoms with Crippen LogP contribution in [0.1, 0.15) is 30.6 Å². The van der Waals surface area contributed by atoms with Crippen molar-refractivity contribution < 1.29 is 27.5 Å². The number of benzene rings is 2. The number of aldehydes is 1. The lowest BCUT2D eigenvalue weighted by atomic mass is 10.2. The summed E-state index contributed by atoms with van der Waals surface area (Å²) in [6.07, 6.45) is 0.544. The summed E-state index contributed by atoms with van der Waals surface area (Å²) < 4.78 is 33.7. The lowest BCUT2D eigenvalue weighted by molar-refractivity contribution is -0.122. The third kappa shape index (κ3) is 5.80. The Morgan fingerprint density at radius 3 is 2.46 bits per heavy atom. The molecule has 0 heterocycles. The highest BCUT2D eigenvalue weighted by Gasteiger charge is 2.18. The Kier molecular flexibility index (Phi) is 7.13. The first kappa shape index (κ1) is 21.4. The zero-order chi connectivity index (χ0) is 20.7. The van der Waals surface area contributed by atoms with Crippen LogP contribution in [0.15, 0.2) is 47.4 Å². The van der Waals surface area contributed by atoms with Crippen molar-refractivity contribution in [2.24, 2.45) is 5.14 Å². The van der Waals surface area contributed by atoms with Gasteiger partial charge in [0.15, 0.2) is 12.4 Å². The summed E-state index contributed by atoms with van der Waals surface area (Å²) in [5.74, 6) is 0.296. The molecule has 9 heteroatoms. The van der Waals surface area contributed by atoms with E-state index in [1.165, 1.54) is 31.2 Å². The Labute approximate surface area is 163 Å². The fraction of sp³-hybridized carbons (Fsp3) is 0.263. The van der Waals surface area contributed by atoms with Crippen LogP contribution in [0.5, 0.6) is 11.5 Å². The molecule has 0 spiro atoms. The van der Waals surface area contributed by atoms with E-state index in [-0.39, 0.29) is 10.6 Å². The zero-order valence-electron chi connectivity index (χ0n) is 15.5. The van der Waals surface area contributed by atoms with Gasteiger partial charge in [0.25, 0.3) is 5.91 Å². The minimum atomic E-state index is -3.81. The first-order valence-corrected chi connectivity index (χ1v) is 10.1. The molecular formula is C19H22N2O6S. The van der Waals surface area contributed by atoms with Crippen LogP contribution in [0.3, 0.4) is 0 Å². The van der Waals surface area contributed by atoms with Crippen molar-refractivity contribution in [3.63, 3.8) is 0 Å². The second kappa shape index (κ2) is 9.34. The van der Waals surface area contributed by atoms with Gasteiger partial charge in [0.1, 0.15) is 11.5 Å². The molecule has 150 valence electrons. The molecular weight excluding hydrogens is 384 g/mol. The van der Waals surface area contributed by atoms with E-state index in [0.29, 0.717) is 29.9 Å². The Morgan fingerprint density at radius 1 is 1.21 bits per heavy atom. The molecule has 0 bridgehead atoms. The number of hydrogen-bond donors (Lipinski definition) is 2. The summed E-state index contributed by atoms with van der Waals surface area (Å²) in [4.78, 5) is 23.5. The molecule has 1 amide bonds. The van der Waals surface area contributed by atoms with Crippen LogP contribution in [-0.2, 0) is 14.8 Å². The summed E-state index contributed by atoms with van der Waals surface area (Å²) in [5, 5.41) is 7.65. The van der Waals surface area contributed by atoms with Gasteiger partial charge in [-0.25, -0.2) is 13.6 Å². The van der Waals surface area contributed by atoms with Crippen molar-refractivity contribution in [1.29, 1.82) is 0 Å². The summed E-state index contributed by atoms with van der Waals surface area (Å²) in [6, 6.07) is 10.2. The van der Waals surface area contributed by atoms with E-state index in [9.17, 15) is 18.0 Å². The van der Waals surface area contributed by atoms with Crippen LogP contribution >= 0.6 is 0 Å². The predicted octanol–water partition coefficient (Wildman–Crippen LogP) is 2.34. The quantitative estimate of drug-likeness (QED) is 0.616. The number of anilines is 1. The Bertz CT molecular complexity index is 941. The molecule has 28 heavy (non-hydrogen) atoms. The summed E-state index contributed by atoms with van der Waals surface area (Å²) in [5.41, 5.74) is 0.671. The van der Waals surface area contributed by atoms with Crippen LogP contribution in [0.4, 0.5) is 5.69 Å². The fourth-order valence-electron chi connectivity index (χ4n) is 2.24. The van der Waals surface area contributed by atoms with Crippen LogP contribution in [0.25, 0.3) is 0 Å². The number of hydrogen-bond acceptors (Lipinski definition) is 6. The number of ether oxygens (including phenoxy) is 2. The monoisotopic (exact) mass is 406 g/mol. The maximum absolute atomic E-state index is 12.4. The van der Waals surface area contributed by atoms with E-state index < -0.39 is 22.0 Å². The normalized spacial score (nSPS) is 12.1.